The molecule has 1 aliphatic heterocycles. The van der Waals surface area contributed by atoms with E-state index in [4.69, 9.17) is 4.98 Å². The maximum Gasteiger partial charge on any atom is 0.162 e. The maximum absolute atomic E-state index is 13.2. The minimum Gasteiger partial charge on any atom is -0.356 e. The van der Waals surface area contributed by atoms with E-state index < -0.39 is 0 Å². The highest BCUT2D eigenvalue weighted by atomic mass is 19.1. The summed E-state index contributed by atoms with van der Waals surface area (Å²) in [5.41, 5.74) is 1.77. The zero-order valence-corrected chi connectivity index (χ0v) is 13.7. The Morgan fingerprint density at radius 2 is 1.67 bits per heavy atom. The molecule has 4 rings (SSSR count). The van der Waals surface area contributed by atoms with E-state index >= 15 is 0 Å². The van der Waals surface area contributed by atoms with Crippen molar-refractivity contribution in [2.45, 2.75) is 19.8 Å². The Hall–Kier alpha value is -2.49. The Labute approximate surface area is 141 Å². The van der Waals surface area contributed by atoms with Crippen molar-refractivity contribution in [3.8, 4) is 11.4 Å². The molecule has 0 bridgehead atoms. The van der Waals surface area contributed by atoms with E-state index in [2.05, 4.69) is 22.9 Å². The van der Waals surface area contributed by atoms with Gasteiger partial charge in [0.15, 0.2) is 5.82 Å². The van der Waals surface area contributed by atoms with E-state index in [0.29, 0.717) is 5.82 Å². The van der Waals surface area contributed by atoms with Gasteiger partial charge in [0.2, 0.25) is 0 Å². The van der Waals surface area contributed by atoms with E-state index in [9.17, 15) is 4.39 Å². The van der Waals surface area contributed by atoms with Crippen LogP contribution in [0.1, 0.15) is 19.8 Å². The van der Waals surface area contributed by atoms with Crippen LogP contribution in [0.5, 0.6) is 0 Å². The van der Waals surface area contributed by atoms with Gasteiger partial charge in [-0.05, 0) is 55.2 Å². The van der Waals surface area contributed by atoms with Crippen LogP contribution < -0.4 is 4.90 Å². The number of anilines is 1. The lowest BCUT2D eigenvalue weighted by Crippen LogP contribution is -2.33. The predicted octanol–water partition coefficient (Wildman–Crippen LogP) is 4.67. The van der Waals surface area contributed by atoms with Crippen LogP contribution in [0, 0.1) is 11.7 Å². The third kappa shape index (κ3) is 2.84. The van der Waals surface area contributed by atoms with Crippen LogP contribution in [0.2, 0.25) is 0 Å². The normalized spacial score (nSPS) is 15.8. The summed E-state index contributed by atoms with van der Waals surface area (Å²) in [7, 11) is 0. The molecule has 3 aromatic rings. The molecule has 1 saturated heterocycles. The van der Waals surface area contributed by atoms with Gasteiger partial charge >= 0.3 is 0 Å². The second-order valence-electron chi connectivity index (χ2n) is 6.56. The molecule has 2 heterocycles. The molecule has 1 aromatic heterocycles. The molecule has 0 atom stereocenters. The number of aromatic nitrogens is 2. The molecule has 1 aliphatic rings. The van der Waals surface area contributed by atoms with Crippen molar-refractivity contribution in [1.29, 1.82) is 0 Å². The Bertz CT molecular complexity index is 852. The number of para-hydroxylation sites is 1. The summed E-state index contributed by atoms with van der Waals surface area (Å²) in [5, 5.41) is 1.08. The molecule has 24 heavy (non-hydrogen) atoms. The standard InChI is InChI=1S/C20H20FN3/c1-14-10-12-24(13-11-14)20-17-4-2-3-5-18(17)22-19(23-20)15-6-8-16(21)9-7-15/h2-9,14H,10-13H2,1H3. The highest BCUT2D eigenvalue weighted by Crippen LogP contribution is 2.30. The number of rotatable bonds is 2. The first-order valence-electron chi connectivity index (χ1n) is 8.48. The summed E-state index contributed by atoms with van der Waals surface area (Å²) in [6, 6.07) is 14.5. The molecule has 4 heteroatoms. The molecular formula is C20H20FN3. The fourth-order valence-electron chi connectivity index (χ4n) is 3.25. The first-order chi connectivity index (χ1) is 11.7. The van der Waals surface area contributed by atoms with Crippen molar-refractivity contribution in [1.82, 2.24) is 9.97 Å². The largest absolute Gasteiger partial charge is 0.356 e. The third-order valence-corrected chi connectivity index (χ3v) is 4.77. The Morgan fingerprint density at radius 1 is 0.958 bits per heavy atom. The summed E-state index contributed by atoms with van der Waals surface area (Å²) in [6.07, 6.45) is 2.37. The third-order valence-electron chi connectivity index (χ3n) is 4.77. The first-order valence-corrected chi connectivity index (χ1v) is 8.48. The molecule has 122 valence electrons. The summed E-state index contributed by atoms with van der Waals surface area (Å²) >= 11 is 0. The quantitative estimate of drug-likeness (QED) is 0.686. The summed E-state index contributed by atoms with van der Waals surface area (Å²) in [4.78, 5) is 11.9. The van der Waals surface area contributed by atoms with E-state index in [1.807, 2.05) is 18.2 Å². The molecule has 0 unspecified atom stereocenters. The zero-order chi connectivity index (χ0) is 16.5. The molecule has 0 spiro atoms. The Kier molecular flexibility index (Phi) is 3.89. The minimum atomic E-state index is -0.246. The molecular weight excluding hydrogens is 301 g/mol. The highest BCUT2D eigenvalue weighted by molar-refractivity contribution is 5.91. The highest BCUT2D eigenvalue weighted by Gasteiger charge is 2.20. The lowest BCUT2D eigenvalue weighted by Gasteiger charge is -2.32. The molecule has 2 aromatic carbocycles. The van der Waals surface area contributed by atoms with Gasteiger partial charge in [-0.15, -0.1) is 0 Å². The zero-order valence-electron chi connectivity index (χ0n) is 13.7. The number of hydrogen-bond donors (Lipinski definition) is 0. The predicted molar refractivity (Wildman–Crippen MR) is 95.5 cm³/mol. The molecule has 0 aliphatic carbocycles. The Balaban J connectivity index is 1.83. The Morgan fingerprint density at radius 3 is 2.42 bits per heavy atom. The average Bonchev–Trinajstić information content (AvgIpc) is 2.62. The molecule has 0 amide bonds. The van der Waals surface area contributed by atoms with Crippen LogP contribution in [0.3, 0.4) is 0 Å². The van der Waals surface area contributed by atoms with Gasteiger partial charge < -0.3 is 4.90 Å². The van der Waals surface area contributed by atoms with Gasteiger partial charge in [-0.25, -0.2) is 14.4 Å². The topological polar surface area (TPSA) is 29.0 Å². The smallest absolute Gasteiger partial charge is 0.162 e. The minimum absolute atomic E-state index is 0.246. The summed E-state index contributed by atoms with van der Waals surface area (Å²) in [5.74, 6) is 2.17. The van der Waals surface area contributed by atoms with Crippen LogP contribution in [0.25, 0.3) is 22.3 Å². The average molecular weight is 321 g/mol. The van der Waals surface area contributed by atoms with E-state index in [-0.39, 0.29) is 5.82 Å². The van der Waals surface area contributed by atoms with Crippen molar-refractivity contribution >= 4 is 16.7 Å². The maximum atomic E-state index is 13.2. The molecule has 0 saturated carbocycles. The summed E-state index contributed by atoms with van der Waals surface area (Å²) < 4.78 is 13.2. The van der Waals surface area contributed by atoms with Crippen LogP contribution in [-0.2, 0) is 0 Å². The summed E-state index contributed by atoms with van der Waals surface area (Å²) in [6.45, 7) is 4.34. The van der Waals surface area contributed by atoms with Crippen LogP contribution in [0.15, 0.2) is 48.5 Å². The van der Waals surface area contributed by atoms with Crippen molar-refractivity contribution < 1.29 is 4.39 Å². The molecule has 1 fully saturated rings. The van der Waals surface area contributed by atoms with Crippen LogP contribution >= 0.6 is 0 Å². The SMILES string of the molecule is CC1CCN(c2nc(-c3ccc(F)cc3)nc3ccccc23)CC1. The first kappa shape index (κ1) is 15.1. The number of hydrogen-bond acceptors (Lipinski definition) is 3. The van der Waals surface area contributed by atoms with Crippen molar-refractivity contribution in [2.24, 2.45) is 5.92 Å². The van der Waals surface area contributed by atoms with Crippen molar-refractivity contribution in [3.05, 3.63) is 54.3 Å². The van der Waals surface area contributed by atoms with Crippen LogP contribution in [-0.4, -0.2) is 23.1 Å². The van der Waals surface area contributed by atoms with Gasteiger partial charge in [-0.1, -0.05) is 19.1 Å². The van der Waals surface area contributed by atoms with Crippen LogP contribution in [0.4, 0.5) is 10.2 Å². The molecule has 0 N–H and O–H groups in total. The lowest BCUT2D eigenvalue weighted by atomic mass is 9.99. The number of nitrogens with zero attached hydrogens (tertiary/aromatic N) is 3. The fraction of sp³-hybridized carbons (Fsp3) is 0.300. The number of fused-ring (bicyclic) bond motifs is 1. The van der Waals surface area contributed by atoms with Crippen molar-refractivity contribution in [3.63, 3.8) is 0 Å². The molecule has 3 nitrogen and oxygen atoms in total. The number of halogens is 1. The van der Waals surface area contributed by atoms with E-state index in [1.54, 1.807) is 12.1 Å². The second-order valence-corrected chi connectivity index (χ2v) is 6.56. The van der Waals surface area contributed by atoms with Gasteiger partial charge in [-0.2, -0.15) is 0 Å². The van der Waals surface area contributed by atoms with Gasteiger partial charge in [0.1, 0.15) is 11.6 Å². The van der Waals surface area contributed by atoms with Gasteiger partial charge in [0, 0.05) is 24.0 Å². The number of benzene rings is 2. The fourth-order valence-corrected chi connectivity index (χ4v) is 3.25. The van der Waals surface area contributed by atoms with Gasteiger partial charge in [0.25, 0.3) is 0 Å². The van der Waals surface area contributed by atoms with Crippen molar-refractivity contribution in [2.75, 3.05) is 18.0 Å². The van der Waals surface area contributed by atoms with Gasteiger partial charge in [-0.3, -0.25) is 0 Å². The monoisotopic (exact) mass is 321 g/mol. The van der Waals surface area contributed by atoms with E-state index in [1.165, 1.54) is 25.0 Å². The van der Waals surface area contributed by atoms with E-state index in [0.717, 1.165) is 41.3 Å². The lowest BCUT2D eigenvalue weighted by molar-refractivity contribution is 0.437. The second kappa shape index (κ2) is 6.19. The molecule has 0 radical (unpaired) electrons. The number of piperidine rings is 1. The van der Waals surface area contributed by atoms with Gasteiger partial charge in [0.05, 0.1) is 5.52 Å².